The predicted octanol–water partition coefficient (Wildman–Crippen LogP) is 1.63. The molecule has 0 spiro atoms. The van der Waals surface area contributed by atoms with E-state index in [0.29, 0.717) is 6.42 Å². The molecular weight excluding hydrogens is 251 g/mol. The number of carbonyl (C=O) groups is 2. The highest BCUT2D eigenvalue weighted by Crippen LogP contribution is 2.22. The van der Waals surface area contributed by atoms with Crippen molar-refractivity contribution >= 4 is 11.9 Å². The summed E-state index contributed by atoms with van der Waals surface area (Å²) in [5, 5.41) is 0. The van der Waals surface area contributed by atoms with Crippen LogP contribution >= 0.6 is 0 Å². The van der Waals surface area contributed by atoms with E-state index in [0.717, 1.165) is 0 Å². The summed E-state index contributed by atoms with van der Waals surface area (Å²) in [4.78, 5) is 23.2. The molecule has 0 N–H and O–H groups in total. The zero-order chi connectivity index (χ0) is 14.7. The Morgan fingerprint density at radius 2 is 1.47 bits per heavy atom. The molecule has 0 aromatic rings. The van der Waals surface area contributed by atoms with Crippen LogP contribution in [0.25, 0.3) is 0 Å². The third kappa shape index (κ3) is 5.44. The van der Waals surface area contributed by atoms with Gasteiger partial charge in [-0.05, 0) is 13.8 Å². The average Bonchev–Trinajstić information content (AvgIpc) is 2.39. The van der Waals surface area contributed by atoms with Crippen LogP contribution in [0.5, 0.6) is 0 Å². The van der Waals surface area contributed by atoms with Crippen LogP contribution in [0.2, 0.25) is 0 Å². The van der Waals surface area contributed by atoms with Gasteiger partial charge in [0.1, 0.15) is 0 Å². The first-order chi connectivity index (χ1) is 9.02. The molecule has 19 heavy (non-hydrogen) atoms. The van der Waals surface area contributed by atoms with E-state index in [1.807, 2.05) is 0 Å². The van der Waals surface area contributed by atoms with Crippen molar-refractivity contribution in [2.45, 2.75) is 39.3 Å². The van der Waals surface area contributed by atoms with Crippen molar-refractivity contribution in [3.8, 4) is 23.7 Å². The Labute approximate surface area is 112 Å². The van der Waals surface area contributed by atoms with Crippen molar-refractivity contribution < 1.29 is 23.5 Å². The highest BCUT2D eigenvalue weighted by molar-refractivity contribution is 6.03. The number of rotatable bonds is 6. The monoisotopic (exact) mass is 268 g/mol. The molecule has 5 heteroatoms. The lowest BCUT2D eigenvalue weighted by Gasteiger charge is -2.19. The summed E-state index contributed by atoms with van der Waals surface area (Å²) in [5.74, 6) is 7.34. The van der Waals surface area contributed by atoms with Crippen LogP contribution in [0.3, 0.4) is 0 Å². The number of hydrogen-bond donors (Lipinski definition) is 0. The van der Waals surface area contributed by atoms with Gasteiger partial charge in [-0.25, -0.2) is 14.0 Å². The normalized spacial score (nSPS) is 9.47. The van der Waals surface area contributed by atoms with Gasteiger partial charge in [-0.1, -0.05) is 25.2 Å². The molecule has 0 rings (SSSR count). The van der Waals surface area contributed by atoms with Crippen molar-refractivity contribution in [1.82, 2.24) is 0 Å². The Morgan fingerprint density at radius 3 is 1.79 bits per heavy atom. The van der Waals surface area contributed by atoms with E-state index in [4.69, 9.17) is 0 Å². The minimum absolute atomic E-state index is 0.257. The van der Waals surface area contributed by atoms with Crippen molar-refractivity contribution in [1.29, 1.82) is 0 Å². The van der Waals surface area contributed by atoms with Gasteiger partial charge >= 0.3 is 17.6 Å². The second-order valence-electron chi connectivity index (χ2n) is 3.56. The van der Waals surface area contributed by atoms with Gasteiger partial charge in [0.15, 0.2) is 13.2 Å². The number of halogens is 1. The maximum atomic E-state index is 14.4. The molecule has 4 nitrogen and oxygen atoms in total. The molecule has 0 radical (unpaired) electrons. The van der Waals surface area contributed by atoms with Crippen LogP contribution < -0.4 is 0 Å². The topological polar surface area (TPSA) is 52.6 Å². The standard InChI is InChI=1S/C14H17FO4/c1-4-7-10-18-12(16)14(15,9-6-3)13(17)19-11-8-5-2/h6,9-11H2,1-3H3. The van der Waals surface area contributed by atoms with Gasteiger partial charge in [0.05, 0.1) is 0 Å². The van der Waals surface area contributed by atoms with Gasteiger partial charge in [0.2, 0.25) is 0 Å². The fourth-order valence-electron chi connectivity index (χ4n) is 1.21. The predicted molar refractivity (Wildman–Crippen MR) is 67.6 cm³/mol. The lowest BCUT2D eigenvalue weighted by molar-refractivity contribution is -0.173. The van der Waals surface area contributed by atoms with E-state index in [2.05, 4.69) is 33.2 Å². The first-order valence-electron chi connectivity index (χ1n) is 5.85. The number of alkyl halides is 1. The second-order valence-corrected chi connectivity index (χ2v) is 3.56. The summed E-state index contributed by atoms with van der Waals surface area (Å²) in [6.07, 6.45) is -0.0105. The van der Waals surface area contributed by atoms with E-state index in [1.165, 1.54) is 0 Å². The van der Waals surface area contributed by atoms with Crippen LogP contribution in [0.1, 0.15) is 33.6 Å². The van der Waals surface area contributed by atoms with Crippen molar-refractivity contribution in [2.75, 3.05) is 13.2 Å². The molecule has 104 valence electrons. The molecule has 0 atom stereocenters. The van der Waals surface area contributed by atoms with Crippen LogP contribution in [-0.4, -0.2) is 30.8 Å². The molecule has 0 heterocycles. The van der Waals surface area contributed by atoms with Crippen molar-refractivity contribution in [2.24, 2.45) is 0 Å². The first-order valence-corrected chi connectivity index (χ1v) is 5.85. The zero-order valence-corrected chi connectivity index (χ0v) is 11.3. The maximum absolute atomic E-state index is 14.4. The minimum Gasteiger partial charge on any atom is -0.450 e. The number of esters is 2. The average molecular weight is 268 g/mol. The Kier molecular flexibility index (Phi) is 8.04. The fraction of sp³-hybridized carbons (Fsp3) is 0.571. The summed E-state index contributed by atoms with van der Waals surface area (Å²) in [7, 11) is 0. The number of hydrogen-bond acceptors (Lipinski definition) is 4. The van der Waals surface area contributed by atoms with Gasteiger partial charge in [0.25, 0.3) is 0 Å². The summed E-state index contributed by atoms with van der Waals surface area (Å²) in [5.41, 5.74) is -2.79. The highest BCUT2D eigenvalue weighted by atomic mass is 19.1. The highest BCUT2D eigenvalue weighted by Gasteiger charge is 2.49. The molecule has 0 amide bonds. The van der Waals surface area contributed by atoms with Crippen LogP contribution in [-0.2, 0) is 19.1 Å². The quantitative estimate of drug-likeness (QED) is 0.417. The lowest BCUT2D eigenvalue weighted by Crippen LogP contribution is -2.45. The summed E-state index contributed by atoms with van der Waals surface area (Å²) in [6.45, 7) is 4.24. The third-order valence-corrected chi connectivity index (χ3v) is 2.15. The third-order valence-electron chi connectivity index (χ3n) is 2.15. The van der Waals surface area contributed by atoms with E-state index in [1.54, 1.807) is 20.8 Å². The van der Waals surface area contributed by atoms with Crippen LogP contribution in [0, 0.1) is 23.7 Å². The lowest BCUT2D eigenvalue weighted by atomic mass is 10.0. The molecule has 0 aliphatic rings. The Balaban J connectivity index is 4.77. The van der Waals surface area contributed by atoms with E-state index in [-0.39, 0.29) is 19.6 Å². The van der Waals surface area contributed by atoms with Crippen LogP contribution in [0.4, 0.5) is 4.39 Å². The summed E-state index contributed by atoms with van der Waals surface area (Å²) < 4.78 is 23.6. The number of ether oxygens (including phenoxy) is 2. The Hall–Kier alpha value is -2.01. The molecule has 0 aliphatic heterocycles. The van der Waals surface area contributed by atoms with Crippen molar-refractivity contribution in [3.05, 3.63) is 0 Å². The molecule has 0 saturated carbocycles. The first kappa shape index (κ1) is 17.0. The maximum Gasteiger partial charge on any atom is 0.356 e. The molecule has 0 saturated heterocycles. The molecule has 0 aliphatic carbocycles. The SMILES string of the molecule is CC#CCOC(=O)C(F)(CCC)C(=O)OCC#CC. The van der Waals surface area contributed by atoms with Crippen molar-refractivity contribution in [3.63, 3.8) is 0 Å². The fourth-order valence-corrected chi connectivity index (χ4v) is 1.21. The number of carbonyl (C=O) groups excluding carboxylic acids is 2. The molecule has 0 aromatic carbocycles. The molecular formula is C14H17FO4. The summed E-state index contributed by atoms with van der Waals surface area (Å²) in [6, 6.07) is 0. The zero-order valence-electron chi connectivity index (χ0n) is 11.3. The van der Waals surface area contributed by atoms with Gasteiger partial charge in [-0.2, -0.15) is 0 Å². The minimum atomic E-state index is -2.79. The smallest absolute Gasteiger partial charge is 0.356 e. The molecule has 0 unspecified atom stereocenters. The van der Waals surface area contributed by atoms with Crippen LogP contribution in [0.15, 0.2) is 0 Å². The van der Waals surface area contributed by atoms with E-state index < -0.39 is 17.6 Å². The largest absolute Gasteiger partial charge is 0.450 e. The molecule has 0 aromatic heterocycles. The van der Waals surface area contributed by atoms with E-state index in [9.17, 15) is 14.0 Å². The molecule has 0 fully saturated rings. The Bertz CT molecular complexity index is 398. The van der Waals surface area contributed by atoms with Gasteiger partial charge in [0, 0.05) is 6.42 Å². The second kappa shape index (κ2) is 8.99. The molecule has 0 bridgehead atoms. The Morgan fingerprint density at radius 1 is 1.05 bits per heavy atom. The van der Waals surface area contributed by atoms with Gasteiger partial charge in [-0.3, -0.25) is 0 Å². The van der Waals surface area contributed by atoms with Gasteiger partial charge in [-0.15, -0.1) is 11.8 Å². The van der Waals surface area contributed by atoms with E-state index >= 15 is 0 Å². The van der Waals surface area contributed by atoms with Gasteiger partial charge < -0.3 is 9.47 Å². The summed E-state index contributed by atoms with van der Waals surface area (Å²) >= 11 is 0.